The first-order valence-corrected chi connectivity index (χ1v) is 9.10. The standard InChI is InChI=1S/C18H22N4O3/c23-13-11-12(21-7-3-1-4-8-21)15-14(16(13)24)17(25)20-18(19-15)22-9-5-2-6-10-22/h11H,1-10H2,(H,19,20,25). The fraction of sp³-hybridized carbons (Fsp3) is 0.556. The lowest BCUT2D eigenvalue weighted by molar-refractivity contribution is -0.111. The molecule has 1 aromatic rings. The predicted octanol–water partition coefficient (Wildman–Crippen LogP) is 1.35. The SMILES string of the molecule is O=C1C=C(N2CCCCC2)c2nc(N3CCCCC3)[nH]c(=O)c2C1=O. The second-order valence-corrected chi connectivity index (χ2v) is 6.93. The summed E-state index contributed by atoms with van der Waals surface area (Å²) in [5, 5.41) is 0. The summed E-state index contributed by atoms with van der Waals surface area (Å²) in [6, 6.07) is 0. The van der Waals surface area contributed by atoms with Crippen molar-refractivity contribution in [3.63, 3.8) is 0 Å². The summed E-state index contributed by atoms with van der Waals surface area (Å²) >= 11 is 0. The van der Waals surface area contributed by atoms with E-state index in [1.807, 2.05) is 0 Å². The van der Waals surface area contributed by atoms with Gasteiger partial charge < -0.3 is 9.80 Å². The molecular weight excluding hydrogens is 320 g/mol. The van der Waals surface area contributed by atoms with E-state index >= 15 is 0 Å². The number of H-pyrrole nitrogens is 1. The summed E-state index contributed by atoms with van der Waals surface area (Å²) in [4.78, 5) is 48.4. The van der Waals surface area contributed by atoms with Gasteiger partial charge in [-0.15, -0.1) is 0 Å². The molecule has 0 bridgehead atoms. The van der Waals surface area contributed by atoms with Crippen LogP contribution < -0.4 is 10.5 Å². The van der Waals surface area contributed by atoms with Gasteiger partial charge in [-0.1, -0.05) is 0 Å². The zero-order valence-corrected chi connectivity index (χ0v) is 14.2. The Labute approximate surface area is 145 Å². The molecule has 2 aliphatic heterocycles. The van der Waals surface area contributed by atoms with Crippen LogP contribution in [0.1, 0.15) is 54.6 Å². The Kier molecular flexibility index (Phi) is 4.15. The maximum absolute atomic E-state index is 12.6. The number of rotatable bonds is 2. The fourth-order valence-corrected chi connectivity index (χ4v) is 3.87. The maximum atomic E-state index is 12.6. The number of piperidine rings is 2. The van der Waals surface area contributed by atoms with Gasteiger partial charge in [0.15, 0.2) is 0 Å². The second-order valence-electron chi connectivity index (χ2n) is 6.93. The Morgan fingerprint density at radius 1 is 0.840 bits per heavy atom. The van der Waals surface area contributed by atoms with Crippen LogP contribution in [0.25, 0.3) is 5.70 Å². The van der Waals surface area contributed by atoms with Crippen LogP contribution in [-0.2, 0) is 4.79 Å². The minimum atomic E-state index is -0.755. The topological polar surface area (TPSA) is 86.4 Å². The molecule has 3 aliphatic rings. The molecule has 1 N–H and O–H groups in total. The minimum absolute atomic E-state index is 0.103. The quantitative estimate of drug-likeness (QED) is 0.817. The highest BCUT2D eigenvalue weighted by Crippen LogP contribution is 2.28. The van der Waals surface area contributed by atoms with Crippen LogP contribution in [-0.4, -0.2) is 52.6 Å². The molecule has 0 spiro atoms. The maximum Gasteiger partial charge on any atom is 0.264 e. The van der Waals surface area contributed by atoms with Gasteiger partial charge in [0.2, 0.25) is 17.5 Å². The molecule has 1 aliphatic carbocycles. The number of hydrogen-bond acceptors (Lipinski definition) is 6. The summed E-state index contributed by atoms with van der Waals surface area (Å²) < 4.78 is 0. The molecule has 132 valence electrons. The van der Waals surface area contributed by atoms with Crippen molar-refractivity contribution in [1.82, 2.24) is 14.9 Å². The van der Waals surface area contributed by atoms with Crippen LogP contribution in [0.5, 0.6) is 0 Å². The van der Waals surface area contributed by atoms with E-state index in [2.05, 4.69) is 19.8 Å². The van der Waals surface area contributed by atoms with Gasteiger partial charge >= 0.3 is 0 Å². The Balaban J connectivity index is 1.80. The average Bonchev–Trinajstić information content (AvgIpc) is 2.65. The van der Waals surface area contributed by atoms with E-state index in [4.69, 9.17) is 0 Å². The number of allylic oxidation sites excluding steroid dienone is 1. The molecule has 25 heavy (non-hydrogen) atoms. The highest BCUT2D eigenvalue weighted by atomic mass is 16.2. The van der Waals surface area contributed by atoms with Gasteiger partial charge in [0.1, 0.15) is 11.3 Å². The number of aromatic amines is 1. The number of hydrogen-bond donors (Lipinski definition) is 1. The number of aromatic nitrogens is 2. The third-order valence-corrected chi connectivity index (χ3v) is 5.22. The number of Topliss-reactive ketones (excluding diaryl/α,β-unsaturated/α-hetero) is 1. The Bertz CT molecular complexity index is 799. The molecule has 0 saturated carbocycles. The molecule has 1 aromatic heterocycles. The molecule has 0 aromatic carbocycles. The lowest BCUT2D eigenvalue weighted by Gasteiger charge is -2.33. The normalized spacial score (nSPS) is 21.2. The number of nitrogens with one attached hydrogen (secondary N) is 1. The molecule has 7 nitrogen and oxygen atoms in total. The third kappa shape index (κ3) is 2.88. The monoisotopic (exact) mass is 342 g/mol. The van der Waals surface area contributed by atoms with Gasteiger partial charge in [-0.3, -0.25) is 19.4 Å². The van der Waals surface area contributed by atoms with Crippen LogP contribution in [0.3, 0.4) is 0 Å². The van der Waals surface area contributed by atoms with Crippen LogP contribution in [0.4, 0.5) is 5.95 Å². The molecular formula is C18H22N4O3. The summed E-state index contributed by atoms with van der Waals surface area (Å²) in [5.74, 6) is -0.880. The van der Waals surface area contributed by atoms with Crippen molar-refractivity contribution < 1.29 is 9.59 Å². The summed E-state index contributed by atoms with van der Waals surface area (Å²) in [5.41, 5.74) is 0.389. The fourth-order valence-electron chi connectivity index (χ4n) is 3.87. The third-order valence-electron chi connectivity index (χ3n) is 5.22. The second kappa shape index (κ2) is 6.46. The van der Waals surface area contributed by atoms with Crippen molar-refractivity contribution in [2.24, 2.45) is 0 Å². The molecule has 0 amide bonds. The van der Waals surface area contributed by atoms with E-state index in [-0.39, 0.29) is 5.56 Å². The molecule has 0 radical (unpaired) electrons. The number of likely N-dealkylation sites (tertiary alicyclic amines) is 1. The van der Waals surface area contributed by atoms with Gasteiger partial charge in [-0.25, -0.2) is 4.98 Å². The lowest BCUT2D eigenvalue weighted by Crippen LogP contribution is -2.39. The molecule has 0 unspecified atom stereocenters. The van der Waals surface area contributed by atoms with Gasteiger partial charge in [0, 0.05) is 32.3 Å². The number of anilines is 1. The van der Waals surface area contributed by atoms with Gasteiger partial charge in [0.05, 0.1) is 5.70 Å². The summed E-state index contributed by atoms with van der Waals surface area (Å²) in [6.45, 7) is 3.33. The van der Waals surface area contributed by atoms with E-state index in [1.54, 1.807) is 0 Å². The van der Waals surface area contributed by atoms with Crippen molar-refractivity contribution in [3.8, 4) is 0 Å². The number of fused-ring (bicyclic) bond motifs is 1. The molecule has 2 saturated heterocycles. The van der Waals surface area contributed by atoms with Crippen LogP contribution in [0, 0.1) is 0 Å². The molecule has 2 fully saturated rings. The first-order chi connectivity index (χ1) is 12.1. The number of carbonyl (C=O) groups excluding carboxylic acids is 2. The van der Waals surface area contributed by atoms with E-state index in [0.29, 0.717) is 17.3 Å². The van der Waals surface area contributed by atoms with E-state index in [1.165, 1.54) is 12.5 Å². The Morgan fingerprint density at radius 3 is 2.08 bits per heavy atom. The van der Waals surface area contributed by atoms with Gasteiger partial charge in [-0.2, -0.15) is 0 Å². The largest absolute Gasteiger partial charge is 0.370 e. The van der Waals surface area contributed by atoms with Crippen molar-refractivity contribution in [2.75, 3.05) is 31.1 Å². The van der Waals surface area contributed by atoms with Gasteiger partial charge in [0.25, 0.3) is 5.56 Å². The first-order valence-electron chi connectivity index (χ1n) is 9.10. The minimum Gasteiger partial charge on any atom is -0.370 e. The summed E-state index contributed by atoms with van der Waals surface area (Å²) in [7, 11) is 0. The predicted molar refractivity (Wildman–Crippen MR) is 93.7 cm³/mol. The zero-order valence-electron chi connectivity index (χ0n) is 14.2. The number of ketones is 2. The zero-order chi connectivity index (χ0) is 17.4. The molecule has 0 atom stereocenters. The van der Waals surface area contributed by atoms with E-state index in [0.717, 1.165) is 58.3 Å². The Hall–Kier alpha value is -2.44. The Morgan fingerprint density at radius 2 is 1.44 bits per heavy atom. The van der Waals surface area contributed by atoms with E-state index in [9.17, 15) is 14.4 Å². The average molecular weight is 342 g/mol. The number of nitrogens with zero attached hydrogens (tertiary/aromatic N) is 3. The van der Waals surface area contributed by atoms with Crippen molar-refractivity contribution >= 4 is 23.2 Å². The first kappa shape index (κ1) is 16.1. The number of carbonyl (C=O) groups is 2. The molecule has 7 heteroatoms. The van der Waals surface area contributed by atoms with E-state index < -0.39 is 17.1 Å². The van der Waals surface area contributed by atoms with Crippen LogP contribution >= 0.6 is 0 Å². The molecule has 3 heterocycles. The van der Waals surface area contributed by atoms with Crippen LogP contribution in [0.15, 0.2) is 10.9 Å². The van der Waals surface area contributed by atoms with Crippen molar-refractivity contribution in [1.29, 1.82) is 0 Å². The molecule has 4 rings (SSSR count). The highest BCUT2D eigenvalue weighted by molar-refractivity contribution is 6.50. The lowest BCUT2D eigenvalue weighted by atomic mass is 9.96. The van der Waals surface area contributed by atoms with Crippen molar-refractivity contribution in [2.45, 2.75) is 38.5 Å². The van der Waals surface area contributed by atoms with Crippen LogP contribution in [0.2, 0.25) is 0 Å². The van der Waals surface area contributed by atoms with Crippen molar-refractivity contribution in [3.05, 3.63) is 27.7 Å². The smallest absolute Gasteiger partial charge is 0.264 e. The highest BCUT2D eigenvalue weighted by Gasteiger charge is 2.34. The van der Waals surface area contributed by atoms with Gasteiger partial charge in [-0.05, 0) is 38.5 Å². The summed E-state index contributed by atoms with van der Waals surface area (Å²) in [6.07, 6.45) is 7.90.